The number of carbonyl (C=O) groups excluding carboxylic acids is 1. The lowest BCUT2D eigenvalue weighted by Gasteiger charge is -2.32. The van der Waals surface area contributed by atoms with Crippen LogP contribution in [-0.2, 0) is 4.74 Å². The van der Waals surface area contributed by atoms with Crippen molar-refractivity contribution in [2.45, 2.75) is 18.9 Å². The van der Waals surface area contributed by atoms with Gasteiger partial charge in [-0.25, -0.2) is 4.79 Å². The van der Waals surface area contributed by atoms with Crippen molar-refractivity contribution in [2.24, 2.45) is 0 Å². The molecule has 20 heavy (non-hydrogen) atoms. The van der Waals surface area contributed by atoms with E-state index in [1.165, 1.54) is 25.3 Å². The Labute approximate surface area is 115 Å². The normalized spacial score (nSPS) is 18.7. The van der Waals surface area contributed by atoms with E-state index in [9.17, 15) is 20.0 Å². The first-order chi connectivity index (χ1) is 9.52. The number of anilines is 1. The average Bonchev–Trinajstić information content (AvgIpc) is 2.45. The lowest BCUT2D eigenvalue weighted by Crippen LogP contribution is -2.39. The van der Waals surface area contributed by atoms with Gasteiger partial charge in [0, 0.05) is 25.2 Å². The highest BCUT2D eigenvalue weighted by molar-refractivity contribution is 5.96. The second-order valence-corrected chi connectivity index (χ2v) is 4.69. The third kappa shape index (κ3) is 2.88. The number of ether oxygens (including phenoxy) is 1. The second kappa shape index (κ2) is 5.87. The van der Waals surface area contributed by atoms with Crippen LogP contribution >= 0.6 is 0 Å². The SMILES string of the molecule is COC(=O)c1cc([N+](=O)[O-])ccc1N1CCC[C@H](O)C1. The number of carbonyl (C=O) groups is 1. The van der Waals surface area contributed by atoms with Crippen LogP contribution in [0.5, 0.6) is 0 Å². The van der Waals surface area contributed by atoms with Gasteiger partial charge in [-0.1, -0.05) is 0 Å². The van der Waals surface area contributed by atoms with Gasteiger partial charge in [-0.15, -0.1) is 0 Å². The Morgan fingerprint density at radius 3 is 2.90 bits per heavy atom. The van der Waals surface area contributed by atoms with Gasteiger partial charge in [-0.2, -0.15) is 0 Å². The molecule has 0 unspecified atom stereocenters. The van der Waals surface area contributed by atoms with Crippen LogP contribution in [0.3, 0.4) is 0 Å². The van der Waals surface area contributed by atoms with Gasteiger partial charge in [0.2, 0.25) is 0 Å². The number of methoxy groups -OCH3 is 1. The smallest absolute Gasteiger partial charge is 0.340 e. The zero-order chi connectivity index (χ0) is 14.7. The molecule has 1 heterocycles. The Kier molecular flexibility index (Phi) is 4.19. The highest BCUT2D eigenvalue weighted by Gasteiger charge is 2.24. The first kappa shape index (κ1) is 14.3. The van der Waals surface area contributed by atoms with Crippen LogP contribution in [0.2, 0.25) is 0 Å². The Hall–Kier alpha value is -2.15. The van der Waals surface area contributed by atoms with Crippen molar-refractivity contribution in [1.29, 1.82) is 0 Å². The molecule has 0 aliphatic carbocycles. The summed E-state index contributed by atoms with van der Waals surface area (Å²) >= 11 is 0. The zero-order valence-corrected chi connectivity index (χ0v) is 11.1. The van der Waals surface area contributed by atoms with Crippen molar-refractivity contribution < 1.29 is 19.6 Å². The van der Waals surface area contributed by atoms with Gasteiger partial charge in [-0.3, -0.25) is 10.1 Å². The fourth-order valence-corrected chi connectivity index (χ4v) is 2.36. The Morgan fingerprint density at radius 1 is 1.55 bits per heavy atom. The molecule has 2 rings (SSSR count). The van der Waals surface area contributed by atoms with Gasteiger partial charge in [0.15, 0.2) is 0 Å². The van der Waals surface area contributed by atoms with E-state index in [0.717, 1.165) is 12.8 Å². The summed E-state index contributed by atoms with van der Waals surface area (Å²) in [7, 11) is 1.23. The minimum Gasteiger partial charge on any atom is -0.465 e. The quantitative estimate of drug-likeness (QED) is 0.510. The molecule has 0 amide bonds. The Balaban J connectivity index is 2.40. The number of rotatable bonds is 3. The number of esters is 1. The van der Waals surface area contributed by atoms with Crippen LogP contribution in [0.15, 0.2) is 18.2 Å². The number of piperidine rings is 1. The number of nitro benzene ring substituents is 1. The molecule has 0 bridgehead atoms. The number of aliphatic hydroxyl groups excluding tert-OH is 1. The molecule has 108 valence electrons. The van der Waals surface area contributed by atoms with E-state index in [1.807, 2.05) is 4.90 Å². The molecular weight excluding hydrogens is 264 g/mol. The maximum absolute atomic E-state index is 11.8. The second-order valence-electron chi connectivity index (χ2n) is 4.69. The summed E-state index contributed by atoms with van der Waals surface area (Å²) in [6.07, 6.45) is 1.07. The lowest BCUT2D eigenvalue weighted by molar-refractivity contribution is -0.384. The van der Waals surface area contributed by atoms with Gasteiger partial charge in [0.05, 0.1) is 29.4 Å². The zero-order valence-electron chi connectivity index (χ0n) is 11.1. The highest BCUT2D eigenvalue weighted by atomic mass is 16.6. The summed E-state index contributed by atoms with van der Waals surface area (Å²) in [5.41, 5.74) is 0.545. The average molecular weight is 280 g/mol. The number of β-amino-alcohol motifs (C(OH)–C–C–N with tert-alkyl or cyclic N) is 1. The van der Waals surface area contributed by atoms with E-state index in [4.69, 9.17) is 0 Å². The first-order valence-corrected chi connectivity index (χ1v) is 6.32. The molecule has 0 aromatic heterocycles. The summed E-state index contributed by atoms with van der Waals surface area (Å²) in [5.74, 6) is -0.622. The van der Waals surface area contributed by atoms with Crippen molar-refractivity contribution in [1.82, 2.24) is 0 Å². The van der Waals surface area contributed by atoms with Crippen molar-refractivity contribution in [3.63, 3.8) is 0 Å². The number of nitrogens with zero attached hydrogens (tertiary/aromatic N) is 2. The predicted molar refractivity (Wildman–Crippen MR) is 71.9 cm³/mol. The molecule has 1 N–H and O–H groups in total. The first-order valence-electron chi connectivity index (χ1n) is 6.32. The van der Waals surface area contributed by atoms with Gasteiger partial charge >= 0.3 is 5.97 Å². The third-order valence-corrected chi connectivity index (χ3v) is 3.33. The van der Waals surface area contributed by atoms with Crippen LogP contribution in [0.4, 0.5) is 11.4 Å². The van der Waals surface area contributed by atoms with Crippen molar-refractivity contribution in [2.75, 3.05) is 25.1 Å². The molecule has 7 heteroatoms. The van der Waals surface area contributed by atoms with E-state index < -0.39 is 17.0 Å². The maximum Gasteiger partial charge on any atom is 0.340 e. The number of nitro groups is 1. The molecule has 1 saturated heterocycles. The molecule has 1 aliphatic rings. The Bertz CT molecular complexity index is 531. The fourth-order valence-electron chi connectivity index (χ4n) is 2.36. The molecule has 0 saturated carbocycles. The molecule has 7 nitrogen and oxygen atoms in total. The topological polar surface area (TPSA) is 92.9 Å². The molecule has 1 aliphatic heterocycles. The lowest BCUT2D eigenvalue weighted by atomic mass is 10.0. The molecule has 1 fully saturated rings. The molecule has 1 aromatic carbocycles. The van der Waals surface area contributed by atoms with Crippen LogP contribution in [0.1, 0.15) is 23.2 Å². The highest BCUT2D eigenvalue weighted by Crippen LogP contribution is 2.28. The molecule has 0 spiro atoms. The van der Waals surface area contributed by atoms with Crippen molar-refractivity contribution in [3.05, 3.63) is 33.9 Å². The van der Waals surface area contributed by atoms with E-state index in [-0.39, 0.29) is 11.3 Å². The fraction of sp³-hybridized carbons (Fsp3) is 0.462. The maximum atomic E-state index is 11.8. The number of aliphatic hydroxyl groups is 1. The molecule has 1 aromatic rings. The number of benzene rings is 1. The molecular formula is C13H16N2O5. The van der Waals surface area contributed by atoms with E-state index in [0.29, 0.717) is 18.8 Å². The summed E-state index contributed by atoms with van der Waals surface area (Å²) in [6, 6.07) is 4.09. The minimum absolute atomic E-state index is 0.149. The van der Waals surface area contributed by atoms with E-state index in [2.05, 4.69) is 4.74 Å². The van der Waals surface area contributed by atoms with E-state index in [1.54, 1.807) is 0 Å². The Morgan fingerprint density at radius 2 is 2.30 bits per heavy atom. The minimum atomic E-state index is -0.622. The van der Waals surface area contributed by atoms with Gasteiger partial charge in [-0.05, 0) is 18.9 Å². The largest absolute Gasteiger partial charge is 0.465 e. The molecule has 1 atom stereocenters. The van der Waals surface area contributed by atoms with Crippen LogP contribution < -0.4 is 4.90 Å². The number of hydrogen-bond acceptors (Lipinski definition) is 6. The van der Waals surface area contributed by atoms with Crippen LogP contribution in [-0.4, -0.2) is 42.3 Å². The molecule has 0 radical (unpaired) electrons. The van der Waals surface area contributed by atoms with Gasteiger partial charge in [0.25, 0.3) is 5.69 Å². The van der Waals surface area contributed by atoms with E-state index >= 15 is 0 Å². The number of non-ortho nitro benzene ring substituents is 1. The van der Waals surface area contributed by atoms with Crippen molar-refractivity contribution in [3.8, 4) is 0 Å². The summed E-state index contributed by atoms with van der Waals surface area (Å²) < 4.78 is 4.68. The van der Waals surface area contributed by atoms with Crippen LogP contribution in [0.25, 0.3) is 0 Å². The third-order valence-electron chi connectivity index (χ3n) is 3.33. The van der Waals surface area contributed by atoms with Gasteiger partial charge < -0.3 is 14.7 Å². The summed E-state index contributed by atoms with van der Waals surface area (Å²) in [5, 5.41) is 20.5. The summed E-state index contributed by atoms with van der Waals surface area (Å²) in [4.78, 5) is 23.9. The summed E-state index contributed by atoms with van der Waals surface area (Å²) in [6.45, 7) is 1.10. The number of hydrogen-bond donors (Lipinski definition) is 1. The van der Waals surface area contributed by atoms with Crippen molar-refractivity contribution >= 4 is 17.3 Å². The standard InChI is InChI=1S/C13H16N2O5/c1-20-13(17)11-7-9(15(18)19)4-5-12(11)14-6-2-3-10(16)8-14/h4-5,7,10,16H,2-3,6,8H2,1H3/t10-/m0/s1. The van der Waals surface area contributed by atoms with Gasteiger partial charge in [0.1, 0.15) is 0 Å². The predicted octanol–water partition coefficient (Wildman–Crippen LogP) is 1.34. The van der Waals surface area contributed by atoms with Crippen LogP contribution in [0, 0.1) is 10.1 Å². The monoisotopic (exact) mass is 280 g/mol.